The number of carbonyl (C=O) groups excluding carboxylic acids is 1. The van der Waals surface area contributed by atoms with E-state index >= 15 is 0 Å². The third-order valence-electron chi connectivity index (χ3n) is 5.87. The Labute approximate surface area is 199 Å². The summed E-state index contributed by atoms with van der Waals surface area (Å²) >= 11 is 0. The van der Waals surface area contributed by atoms with Crippen LogP contribution >= 0.6 is 0 Å². The van der Waals surface area contributed by atoms with Gasteiger partial charge in [-0.25, -0.2) is 12.8 Å². The molecule has 3 aromatic carbocycles. The Morgan fingerprint density at radius 3 is 2.47 bits per heavy atom. The molecule has 0 fully saturated rings. The topological polar surface area (TPSA) is 75.7 Å². The summed E-state index contributed by atoms with van der Waals surface area (Å²) in [5.41, 5.74) is 3.73. The molecule has 34 heavy (non-hydrogen) atoms. The number of rotatable bonds is 5. The lowest BCUT2D eigenvalue weighted by atomic mass is 10.1. The van der Waals surface area contributed by atoms with Gasteiger partial charge in [-0.15, -0.1) is 0 Å². The van der Waals surface area contributed by atoms with Crippen molar-refractivity contribution < 1.29 is 22.3 Å². The number of benzene rings is 3. The second kappa shape index (κ2) is 9.56. The van der Waals surface area contributed by atoms with E-state index in [2.05, 4.69) is 5.32 Å². The second-order valence-corrected chi connectivity index (χ2v) is 10.4. The van der Waals surface area contributed by atoms with Crippen LogP contribution in [0.25, 0.3) is 0 Å². The third kappa shape index (κ3) is 4.83. The number of sulfonamides is 1. The highest BCUT2D eigenvalue weighted by molar-refractivity contribution is 7.89. The minimum absolute atomic E-state index is 0.0472. The molecule has 1 aliphatic rings. The molecule has 8 heteroatoms. The van der Waals surface area contributed by atoms with Crippen molar-refractivity contribution in [2.24, 2.45) is 0 Å². The van der Waals surface area contributed by atoms with Crippen LogP contribution in [0.15, 0.2) is 59.5 Å². The predicted molar refractivity (Wildman–Crippen MR) is 128 cm³/mol. The van der Waals surface area contributed by atoms with Crippen molar-refractivity contribution in [3.63, 3.8) is 0 Å². The van der Waals surface area contributed by atoms with Gasteiger partial charge in [0.15, 0.2) is 0 Å². The van der Waals surface area contributed by atoms with E-state index in [1.54, 1.807) is 50.2 Å². The van der Waals surface area contributed by atoms with Crippen LogP contribution in [0.5, 0.6) is 5.75 Å². The Bertz CT molecular complexity index is 1330. The van der Waals surface area contributed by atoms with Crippen LogP contribution in [0.2, 0.25) is 0 Å². The number of aryl methyl sites for hydroxylation is 3. The fourth-order valence-electron chi connectivity index (χ4n) is 4.34. The Kier molecular flexibility index (Phi) is 6.72. The number of halogens is 1. The van der Waals surface area contributed by atoms with Gasteiger partial charge in [0.25, 0.3) is 5.91 Å². The molecular weight excluding hydrogens is 455 g/mol. The first-order valence-electron chi connectivity index (χ1n) is 11.0. The van der Waals surface area contributed by atoms with E-state index in [1.165, 1.54) is 10.4 Å². The van der Waals surface area contributed by atoms with Gasteiger partial charge < -0.3 is 10.1 Å². The first-order valence-corrected chi connectivity index (χ1v) is 12.5. The number of nitrogens with zero attached hydrogens (tertiary/aromatic N) is 1. The summed E-state index contributed by atoms with van der Waals surface area (Å²) in [6.45, 7) is 6.06. The standard InChI is InChI=1S/C26H27FN2O4S/c1-17-12-18(2)25(19(3)13-17)34(31,32)29-10-11-33-24-9-8-20(14-22(24)16-29)26(30)28-15-21-6-4-5-7-23(21)27/h4-9,12-14H,10-11,15-16H2,1-3H3,(H,28,30). The van der Waals surface area contributed by atoms with E-state index in [0.717, 1.165) is 5.56 Å². The van der Waals surface area contributed by atoms with Gasteiger partial charge in [-0.05, 0) is 56.2 Å². The van der Waals surface area contributed by atoms with Crippen LogP contribution in [0.4, 0.5) is 4.39 Å². The quantitative estimate of drug-likeness (QED) is 0.590. The molecule has 178 valence electrons. The molecule has 1 heterocycles. The van der Waals surface area contributed by atoms with Gasteiger partial charge >= 0.3 is 0 Å². The summed E-state index contributed by atoms with van der Waals surface area (Å²) in [4.78, 5) is 13.0. The predicted octanol–water partition coefficient (Wildman–Crippen LogP) is 4.26. The largest absolute Gasteiger partial charge is 0.492 e. The van der Waals surface area contributed by atoms with Crippen LogP contribution in [-0.4, -0.2) is 31.8 Å². The van der Waals surface area contributed by atoms with Crippen molar-refractivity contribution in [3.05, 3.63) is 93.8 Å². The molecular formula is C26H27FN2O4S. The summed E-state index contributed by atoms with van der Waals surface area (Å²) < 4.78 is 48.2. The first kappa shape index (κ1) is 23.9. The zero-order chi connectivity index (χ0) is 24.5. The smallest absolute Gasteiger partial charge is 0.251 e. The number of amides is 1. The first-order chi connectivity index (χ1) is 16.2. The van der Waals surface area contributed by atoms with E-state index in [0.29, 0.717) is 38.5 Å². The van der Waals surface area contributed by atoms with Crippen molar-refractivity contribution in [2.45, 2.75) is 38.8 Å². The Balaban J connectivity index is 1.58. The van der Waals surface area contributed by atoms with Crippen LogP contribution in [-0.2, 0) is 23.1 Å². The number of ether oxygens (including phenoxy) is 1. The van der Waals surface area contributed by atoms with Crippen LogP contribution in [0.3, 0.4) is 0 Å². The number of fused-ring (bicyclic) bond motifs is 1. The minimum Gasteiger partial charge on any atom is -0.492 e. The van der Waals surface area contributed by atoms with Gasteiger partial charge in [0.2, 0.25) is 10.0 Å². The van der Waals surface area contributed by atoms with E-state index in [9.17, 15) is 17.6 Å². The lowest BCUT2D eigenvalue weighted by Crippen LogP contribution is -2.33. The van der Waals surface area contributed by atoms with E-state index in [1.807, 2.05) is 19.1 Å². The monoisotopic (exact) mass is 482 g/mol. The van der Waals surface area contributed by atoms with Crippen molar-refractivity contribution >= 4 is 15.9 Å². The highest BCUT2D eigenvalue weighted by Crippen LogP contribution is 2.30. The number of nitrogens with one attached hydrogen (secondary N) is 1. The Morgan fingerprint density at radius 1 is 1.06 bits per heavy atom. The SMILES string of the molecule is Cc1cc(C)c(S(=O)(=O)N2CCOc3ccc(C(=O)NCc4ccccc4F)cc3C2)c(C)c1. The molecule has 0 unspecified atom stereocenters. The van der Waals surface area contributed by atoms with Crippen LogP contribution < -0.4 is 10.1 Å². The summed E-state index contributed by atoms with van der Waals surface area (Å²) in [6.07, 6.45) is 0. The summed E-state index contributed by atoms with van der Waals surface area (Å²) in [7, 11) is -3.78. The summed E-state index contributed by atoms with van der Waals surface area (Å²) in [5, 5.41) is 2.71. The maximum absolute atomic E-state index is 13.9. The van der Waals surface area contributed by atoms with Crippen LogP contribution in [0.1, 0.15) is 38.2 Å². The van der Waals surface area contributed by atoms with Gasteiger partial charge in [0.1, 0.15) is 18.2 Å². The molecule has 0 radical (unpaired) electrons. The van der Waals surface area contributed by atoms with Crippen molar-refractivity contribution in [3.8, 4) is 5.75 Å². The Hall–Kier alpha value is -3.23. The minimum atomic E-state index is -3.78. The molecule has 1 aliphatic heterocycles. The number of hydrogen-bond donors (Lipinski definition) is 1. The van der Waals surface area contributed by atoms with E-state index < -0.39 is 10.0 Å². The molecule has 1 N–H and O–H groups in total. The zero-order valence-corrected chi connectivity index (χ0v) is 20.2. The lowest BCUT2D eigenvalue weighted by molar-refractivity contribution is 0.0950. The lowest BCUT2D eigenvalue weighted by Gasteiger charge is -2.22. The van der Waals surface area contributed by atoms with Gasteiger partial charge in [-0.2, -0.15) is 4.31 Å². The molecule has 0 bridgehead atoms. The van der Waals surface area contributed by atoms with E-state index in [4.69, 9.17) is 4.74 Å². The highest BCUT2D eigenvalue weighted by atomic mass is 32.2. The van der Waals surface area contributed by atoms with Crippen LogP contribution in [0, 0.1) is 26.6 Å². The maximum atomic E-state index is 13.9. The Morgan fingerprint density at radius 2 is 1.76 bits per heavy atom. The molecule has 3 aromatic rings. The fourth-order valence-corrected chi connectivity index (χ4v) is 6.15. The average Bonchev–Trinajstić information content (AvgIpc) is 3.00. The zero-order valence-electron chi connectivity index (χ0n) is 19.4. The van der Waals surface area contributed by atoms with Gasteiger partial charge in [-0.3, -0.25) is 4.79 Å². The summed E-state index contributed by atoms with van der Waals surface area (Å²) in [6, 6.07) is 14.9. The summed E-state index contributed by atoms with van der Waals surface area (Å²) in [5.74, 6) is -0.226. The highest BCUT2D eigenvalue weighted by Gasteiger charge is 2.30. The average molecular weight is 483 g/mol. The molecule has 6 nitrogen and oxygen atoms in total. The van der Waals surface area contributed by atoms with Gasteiger partial charge in [0.05, 0.1) is 4.90 Å². The normalized spacial score (nSPS) is 14.1. The molecule has 0 saturated heterocycles. The van der Waals surface area contributed by atoms with Crippen molar-refractivity contribution in [1.29, 1.82) is 0 Å². The molecule has 0 aromatic heterocycles. The second-order valence-electron chi connectivity index (χ2n) is 8.51. The van der Waals surface area contributed by atoms with E-state index in [-0.39, 0.29) is 38.0 Å². The number of hydrogen-bond acceptors (Lipinski definition) is 4. The molecule has 0 saturated carbocycles. The molecule has 0 spiro atoms. The van der Waals surface area contributed by atoms with Gasteiger partial charge in [-0.1, -0.05) is 35.9 Å². The molecule has 1 amide bonds. The fraction of sp³-hybridized carbons (Fsp3) is 0.269. The number of carbonyl (C=O) groups is 1. The van der Waals surface area contributed by atoms with Crippen molar-refractivity contribution in [1.82, 2.24) is 9.62 Å². The molecule has 4 rings (SSSR count). The maximum Gasteiger partial charge on any atom is 0.251 e. The third-order valence-corrected chi connectivity index (χ3v) is 8.02. The molecule has 0 atom stereocenters. The van der Waals surface area contributed by atoms with Gasteiger partial charge in [0, 0.05) is 36.3 Å². The van der Waals surface area contributed by atoms with Crippen molar-refractivity contribution in [2.75, 3.05) is 13.2 Å². The molecule has 0 aliphatic carbocycles.